The molecule has 196 valence electrons. The van der Waals surface area contributed by atoms with E-state index in [1.807, 2.05) is 30.5 Å². The number of hydrogen-bond donors (Lipinski definition) is 4. The minimum absolute atomic E-state index is 0.162. The highest BCUT2D eigenvalue weighted by molar-refractivity contribution is 7.98. The van der Waals surface area contributed by atoms with Crippen LogP contribution in [0.3, 0.4) is 0 Å². The molecule has 0 aliphatic heterocycles. The lowest BCUT2D eigenvalue weighted by atomic mass is 10.1. The minimum Gasteiger partial charge on any atom is -0.475 e. The van der Waals surface area contributed by atoms with Gasteiger partial charge in [-0.3, -0.25) is 0 Å². The van der Waals surface area contributed by atoms with Crippen LogP contribution in [0.25, 0.3) is 0 Å². The largest absolute Gasteiger partial charge is 0.490 e. The van der Waals surface area contributed by atoms with Crippen molar-refractivity contribution in [2.24, 2.45) is 0 Å². The Labute approximate surface area is 215 Å². The fourth-order valence-electron chi connectivity index (χ4n) is 2.65. The molecule has 3 rings (SSSR count). The maximum atomic E-state index is 12.1. The van der Waals surface area contributed by atoms with Gasteiger partial charge in [0.1, 0.15) is 18.0 Å². The fourth-order valence-corrected chi connectivity index (χ4v) is 3.94. The van der Waals surface area contributed by atoms with E-state index in [1.54, 1.807) is 24.3 Å². The lowest BCUT2D eigenvalue weighted by molar-refractivity contribution is -0.192. The molecule has 0 bridgehead atoms. The number of nitriles is 1. The average molecular weight is 555 g/mol. The summed E-state index contributed by atoms with van der Waals surface area (Å²) in [5.41, 5.74) is 2.40. The molecule has 0 radical (unpaired) electrons. The summed E-state index contributed by atoms with van der Waals surface area (Å²) in [7, 11) is -2.18. The number of alkyl halides is 3. The molecule has 2 aromatic carbocycles. The normalized spacial score (nSPS) is 11.0. The van der Waals surface area contributed by atoms with E-state index in [1.165, 1.54) is 25.1 Å². The molecule has 1 aromatic heterocycles. The number of carboxylic acid groups (broad SMARTS) is 1. The molecule has 0 saturated carbocycles. The fraction of sp³-hybridized carbons (Fsp3) is 0.182. The molecule has 0 spiro atoms. The number of aliphatic carboxylic acids is 1. The summed E-state index contributed by atoms with van der Waals surface area (Å²) in [6.45, 7) is 0. The van der Waals surface area contributed by atoms with E-state index in [0.717, 1.165) is 16.1 Å². The van der Waals surface area contributed by atoms with Crippen LogP contribution in [0.2, 0.25) is 0 Å². The molecule has 0 atom stereocenters. The second kappa shape index (κ2) is 12.9. The third-order valence-electron chi connectivity index (χ3n) is 4.43. The van der Waals surface area contributed by atoms with E-state index in [-0.39, 0.29) is 4.90 Å². The summed E-state index contributed by atoms with van der Waals surface area (Å²) >= 11 is 1.49. The maximum Gasteiger partial charge on any atom is 0.490 e. The summed E-state index contributed by atoms with van der Waals surface area (Å²) in [6.07, 6.45) is -1.39. The van der Waals surface area contributed by atoms with Gasteiger partial charge in [0, 0.05) is 16.6 Å². The number of anilines is 4. The van der Waals surface area contributed by atoms with Crippen molar-refractivity contribution < 1.29 is 31.5 Å². The standard InChI is InChI=1S/C20H20N6O2S2.C2HF3O2/c1-22-30(27,28)16-7-8-18(29-2)17(11-16)26-20-12-19(23-13-24-20)25-15-5-3-14(4-6-15)9-10-21;3-2(4,5)1(6)7/h3-8,11-13,22H,9H2,1-2H3,(H2,23,24,25,26);(H,6,7). The van der Waals surface area contributed by atoms with Crippen LogP contribution >= 0.6 is 11.8 Å². The van der Waals surface area contributed by atoms with Gasteiger partial charge in [-0.05, 0) is 49.2 Å². The van der Waals surface area contributed by atoms with Gasteiger partial charge in [-0.15, -0.1) is 11.8 Å². The molecule has 4 N–H and O–H groups in total. The lowest BCUT2D eigenvalue weighted by Gasteiger charge is -2.13. The number of carbonyl (C=O) groups is 1. The molecule has 0 amide bonds. The predicted octanol–water partition coefficient (Wildman–Crippen LogP) is 4.29. The van der Waals surface area contributed by atoms with Crippen molar-refractivity contribution in [2.75, 3.05) is 23.9 Å². The predicted molar refractivity (Wildman–Crippen MR) is 133 cm³/mol. The van der Waals surface area contributed by atoms with E-state index in [0.29, 0.717) is 23.7 Å². The topological polar surface area (TPSA) is 157 Å². The van der Waals surface area contributed by atoms with Gasteiger partial charge in [-0.25, -0.2) is 27.9 Å². The van der Waals surface area contributed by atoms with Crippen LogP contribution in [0, 0.1) is 11.3 Å². The van der Waals surface area contributed by atoms with Crippen molar-refractivity contribution >= 4 is 50.8 Å². The number of nitrogens with one attached hydrogen (secondary N) is 3. The Balaban J connectivity index is 0.000000604. The highest BCUT2D eigenvalue weighted by Gasteiger charge is 2.38. The molecule has 3 aromatic rings. The average Bonchev–Trinajstić information content (AvgIpc) is 2.85. The van der Waals surface area contributed by atoms with Gasteiger partial charge < -0.3 is 15.7 Å². The van der Waals surface area contributed by atoms with Crippen LogP contribution in [0.5, 0.6) is 0 Å². The molecule has 15 heteroatoms. The SMILES string of the molecule is CNS(=O)(=O)c1ccc(SC)c(Nc2cc(Nc3ccc(CC#N)cc3)ncn2)c1.O=C(O)C(F)(F)F. The van der Waals surface area contributed by atoms with Crippen LogP contribution in [0.15, 0.2) is 64.6 Å². The molecule has 37 heavy (non-hydrogen) atoms. The first kappa shape index (κ1) is 29.4. The first-order valence-electron chi connectivity index (χ1n) is 10.1. The minimum atomic E-state index is -5.08. The summed E-state index contributed by atoms with van der Waals surface area (Å²) in [5, 5.41) is 22.2. The van der Waals surface area contributed by atoms with Crippen molar-refractivity contribution in [3.05, 3.63) is 60.4 Å². The molecule has 10 nitrogen and oxygen atoms in total. The quantitative estimate of drug-likeness (QED) is 0.296. The van der Waals surface area contributed by atoms with Gasteiger partial charge in [-0.1, -0.05) is 12.1 Å². The van der Waals surface area contributed by atoms with Crippen LogP contribution in [0.4, 0.5) is 36.2 Å². The molecule has 1 heterocycles. The van der Waals surface area contributed by atoms with E-state index < -0.39 is 22.2 Å². The van der Waals surface area contributed by atoms with Crippen molar-refractivity contribution in [1.82, 2.24) is 14.7 Å². The van der Waals surface area contributed by atoms with E-state index >= 15 is 0 Å². The molecule has 0 aliphatic carbocycles. The van der Waals surface area contributed by atoms with Gasteiger partial charge >= 0.3 is 12.1 Å². The van der Waals surface area contributed by atoms with Gasteiger partial charge in [0.25, 0.3) is 0 Å². The Morgan fingerprint density at radius 1 is 1.08 bits per heavy atom. The van der Waals surface area contributed by atoms with E-state index in [9.17, 15) is 21.6 Å². The molecule has 0 saturated heterocycles. The first-order valence-corrected chi connectivity index (χ1v) is 12.8. The Kier molecular flexibility index (Phi) is 10.2. The summed E-state index contributed by atoms with van der Waals surface area (Å²) in [6, 6.07) is 16.2. The van der Waals surface area contributed by atoms with Crippen LogP contribution in [-0.4, -0.2) is 48.9 Å². The van der Waals surface area contributed by atoms with E-state index in [2.05, 4.69) is 31.4 Å². The Bertz CT molecular complexity index is 1380. The number of hydrogen-bond acceptors (Lipinski definition) is 9. The van der Waals surface area contributed by atoms with Crippen molar-refractivity contribution in [3.8, 4) is 6.07 Å². The monoisotopic (exact) mass is 554 g/mol. The van der Waals surface area contributed by atoms with Crippen LogP contribution < -0.4 is 15.4 Å². The highest BCUT2D eigenvalue weighted by atomic mass is 32.2. The number of aromatic nitrogens is 2. The number of benzene rings is 2. The van der Waals surface area contributed by atoms with E-state index in [4.69, 9.17) is 15.2 Å². The number of rotatable bonds is 8. The molecule has 0 fully saturated rings. The van der Waals surface area contributed by atoms with Crippen LogP contribution in [0.1, 0.15) is 5.56 Å². The summed E-state index contributed by atoms with van der Waals surface area (Å²) < 4.78 is 58.3. The number of nitrogens with zero attached hydrogens (tertiary/aromatic N) is 3. The number of carboxylic acids is 1. The Morgan fingerprint density at radius 3 is 2.19 bits per heavy atom. The number of halogens is 3. The third kappa shape index (κ3) is 8.94. The number of sulfonamides is 1. The van der Waals surface area contributed by atoms with Crippen molar-refractivity contribution in [1.29, 1.82) is 5.26 Å². The maximum absolute atomic E-state index is 12.1. The molecule has 0 unspecified atom stereocenters. The Morgan fingerprint density at radius 2 is 1.68 bits per heavy atom. The first-order chi connectivity index (χ1) is 17.4. The lowest BCUT2D eigenvalue weighted by Crippen LogP contribution is -2.21. The third-order valence-corrected chi connectivity index (χ3v) is 6.64. The van der Waals surface area contributed by atoms with Gasteiger partial charge in [0.05, 0.1) is 23.1 Å². The van der Waals surface area contributed by atoms with Gasteiger partial charge in [-0.2, -0.15) is 18.4 Å². The second-order valence-electron chi connectivity index (χ2n) is 6.94. The zero-order valence-corrected chi connectivity index (χ0v) is 21.0. The highest BCUT2D eigenvalue weighted by Crippen LogP contribution is 2.30. The Hall–Kier alpha value is -3.87. The summed E-state index contributed by atoms with van der Waals surface area (Å²) in [5.74, 6) is -1.67. The van der Waals surface area contributed by atoms with Gasteiger partial charge in [0.15, 0.2) is 0 Å². The smallest absolute Gasteiger partial charge is 0.475 e. The molecule has 0 aliphatic rings. The molecular formula is C22H21F3N6O4S2. The zero-order chi connectivity index (χ0) is 27.6. The number of thioether (sulfide) groups is 1. The van der Waals surface area contributed by atoms with Crippen molar-refractivity contribution in [3.63, 3.8) is 0 Å². The molecular weight excluding hydrogens is 533 g/mol. The zero-order valence-electron chi connectivity index (χ0n) is 19.4. The summed E-state index contributed by atoms with van der Waals surface area (Å²) in [4.78, 5) is 18.4. The van der Waals surface area contributed by atoms with Crippen molar-refractivity contribution in [2.45, 2.75) is 22.4 Å². The second-order valence-corrected chi connectivity index (χ2v) is 9.68. The van der Waals surface area contributed by atoms with Crippen LogP contribution in [-0.2, 0) is 21.2 Å². The van der Waals surface area contributed by atoms with Gasteiger partial charge in [0.2, 0.25) is 10.0 Å².